The van der Waals surface area contributed by atoms with Gasteiger partial charge in [-0.3, -0.25) is 29.4 Å². The standard InChI is InChI=1S/C21H25N5O4/c27-17-4-3-16(19(29)23-17)26-11-14-9-13(1-2-15(14)20(26)30)10-25-12-18(28)24-21(25)5-7-22-8-6-21/h1-2,9,16,22H,3-8,10-12H2,(H,24,28)(H,23,27,29). The maximum atomic E-state index is 12.9. The van der Waals surface area contributed by atoms with E-state index in [9.17, 15) is 19.2 Å². The molecule has 4 amide bonds. The molecule has 4 heterocycles. The van der Waals surface area contributed by atoms with Crippen molar-refractivity contribution < 1.29 is 19.2 Å². The number of amides is 4. The van der Waals surface area contributed by atoms with Gasteiger partial charge in [0.2, 0.25) is 17.7 Å². The minimum Gasteiger partial charge on any atom is -0.337 e. The predicted octanol–water partition coefficient (Wildman–Crippen LogP) is -0.541. The smallest absolute Gasteiger partial charge is 0.255 e. The Morgan fingerprint density at radius 3 is 2.60 bits per heavy atom. The van der Waals surface area contributed by atoms with Crippen molar-refractivity contribution in [3.63, 3.8) is 0 Å². The topological polar surface area (TPSA) is 111 Å². The van der Waals surface area contributed by atoms with E-state index < -0.39 is 11.9 Å². The van der Waals surface area contributed by atoms with Crippen molar-refractivity contribution >= 4 is 23.6 Å². The lowest BCUT2D eigenvalue weighted by molar-refractivity contribution is -0.137. The summed E-state index contributed by atoms with van der Waals surface area (Å²) in [5, 5.41) is 8.84. The molecule has 9 nitrogen and oxygen atoms in total. The van der Waals surface area contributed by atoms with Gasteiger partial charge in [-0.15, -0.1) is 0 Å². The lowest BCUT2D eigenvalue weighted by atomic mass is 9.96. The normalized spacial score (nSPS) is 26.1. The van der Waals surface area contributed by atoms with Crippen molar-refractivity contribution in [2.75, 3.05) is 19.6 Å². The second-order valence-electron chi connectivity index (χ2n) is 8.58. The summed E-state index contributed by atoms with van der Waals surface area (Å²) in [7, 11) is 0. The predicted molar refractivity (Wildman–Crippen MR) is 106 cm³/mol. The van der Waals surface area contributed by atoms with Crippen molar-refractivity contribution in [3.8, 4) is 0 Å². The van der Waals surface area contributed by atoms with Gasteiger partial charge in [-0.1, -0.05) is 12.1 Å². The van der Waals surface area contributed by atoms with Crippen LogP contribution in [0.15, 0.2) is 18.2 Å². The molecule has 5 rings (SSSR count). The van der Waals surface area contributed by atoms with E-state index in [0.717, 1.165) is 37.1 Å². The summed E-state index contributed by atoms with van der Waals surface area (Å²) < 4.78 is 0. The van der Waals surface area contributed by atoms with Crippen LogP contribution in [0.5, 0.6) is 0 Å². The van der Waals surface area contributed by atoms with Gasteiger partial charge in [-0.25, -0.2) is 0 Å². The molecule has 3 saturated heterocycles. The number of rotatable bonds is 3. The van der Waals surface area contributed by atoms with Crippen molar-refractivity contribution in [1.82, 2.24) is 25.8 Å². The largest absolute Gasteiger partial charge is 0.337 e. The molecule has 0 aromatic heterocycles. The van der Waals surface area contributed by atoms with E-state index in [0.29, 0.717) is 31.6 Å². The van der Waals surface area contributed by atoms with Gasteiger partial charge < -0.3 is 15.5 Å². The molecule has 1 atom stereocenters. The first-order valence-electron chi connectivity index (χ1n) is 10.5. The number of fused-ring (bicyclic) bond motifs is 1. The second kappa shape index (κ2) is 7.17. The first-order chi connectivity index (χ1) is 14.4. The number of imide groups is 1. The Balaban J connectivity index is 1.34. The van der Waals surface area contributed by atoms with Gasteiger partial charge in [0, 0.05) is 25.1 Å². The molecule has 0 aliphatic carbocycles. The van der Waals surface area contributed by atoms with Crippen LogP contribution in [0.2, 0.25) is 0 Å². The summed E-state index contributed by atoms with van der Waals surface area (Å²) in [5.41, 5.74) is 2.24. The van der Waals surface area contributed by atoms with E-state index in [1.54, 1.807) is 4.90 Å². The van der Waals surface area contributed by atoms with Gasteiger partial charge in [0.15, 0.2) is 0 Å². The first-order valence-corrected chi connectivity index (χ1v) is 10.5. The lowest BCUT2D eigenvalue weighted by Gasteiger charge is -2.41. The summed E-state index contributed by atoms with van der Waals surface area (Å²) in [5.74, 6) is -0.804. The van der Waals surface area contributed by atoms with E-state index >= 15 is 0 Å². The quantitative estimate of drug-likeness (QED) is 0.576. The number of hydrogen-bond donors (Lipinski definition) is 3. The molecule has 0 bridgehead atoms. The Hall–Kier alpha value is -2.78. The number of carbonyl (C=O) groups is 4. The number of piperidine rings is 2. The van der Waals surface area contributed by atoms with E-state index in [2.05, 4.69) is 20.9 Å². The minimum absolute atomic E-state index is 0.0530. The SMILES string of the molecule is O=C1CCC(N2Cc3cc(CN4CC(=O)NC45CCNCC5)ccc3C2=O)C(=O)N1. The van der Waals surface area contributed by atoms with Crippen LogP contribution >= 0.6 is 0 Å². The summed E-state index contributed by atoms with van der Waals surface area (Å²) in [4.78, 5) is 52.4. The van der Waals surface area contributed by atoms with Gasteiger partial charge in [0.05, 0.1) is 12.2 Å². The summed E-state index contributed by atoms with van der Waals surface area (Å²) >= 11 is 0. The maximum Gasteiger partial charge on any atom is 0.255 e. The molecule has 9 heteroatoms. The summed E-state index contributed by atoms with van der Waals surface area (Å²) in [6, 6.07) is 5.16. The highest BCUT2D eigenvalue weighted by Gasteiger charge is 2.45. The number of hydrogen-bond acceptors (Lipinski definition) is 6. The highest BCUT2D eigenvalue weighted by atomic mass is 16.2. The second-order valence-corrected chi connectivity index (χ2v) is 8.58. The van der Waals surface area contributed by atoms with Crippen LogP contribution in [-0.4, -0.2) is 64.8 Å². The Morgan fingerprint density at radius 1 is 1.03 bits per heavy atom. The highest BCUT2D eigenvalue weighted by molar-refractivity contribution is 6.05. The maximum absolute atomic E-state index is 12.9. The molecule has 1 spiro atoms. The van der Waals surface area contributed by atoms with Crippen LogP contribution in [0, 0.1) is 0 Å². The molecule has 3 N–H and O–H groups in total. The third-order valence-corrected chi connectivity index (χ3v) is 6.70. The van der Waals surface area contributed by atoms with E-state index in [1.807, 2.05) is 18.2 Å². The number of nitrogens with zero attached hydrogens (tertiary/aromatic N) is 2. The molecule has 1 aromatic rings. The van der Waals surface area contributed by atoms with Crippen molar-refractivity contribution in [2.45, 2.75) is 50.5 Å². The molecular formula is C21H25N5O4. The third kappa shape index (κ3) is 3.18. The van der Waals surface area contributed by atoms with Crippen LogP contribution < -0.4 is 16.0 Å². The van der Waals surface area contributed by atoms with Crippen molar-refractivity contribution in [3.05, 3.63) is 34.9 Å². The van der Waals surface area contributed by atoms with E-state index in [-0.39, 0.29) is 29.8 Å². The molecular weight excluding hydrogens is 386 g/mol. The zero-order chi connectivity index (χ0) is 20.9. The monoisotopic (exact) mass is 411 g/mol. The molecule has 158 valence electrons. The van der Waals surface area contributed by atoms with Crippen molar-refractivity contribution in [2.24, 2.45) is 0 Å². The molecule has 4 aliphatic heterocycles. The van der Waals surface area contributed by atoms with E-state index in [4.69, 9.17) is 0 Å². The zero-order valence-electron chi connectivity index (χ0n) is 16.7. The average Bonchev–Trinajstić information content (AvgIpc) is 3.19. The Bertz CT molecular complexity index is 939. The van der Waals surface area contributed by atoms with E-state index in [1.165, 1.54) is 0 Å². The number of carbonyl (C=O) groups excluding carboxylic acids is 4. The minimum atomic E-state index is -0.607. The molecule has 0 radical (unpaired) electrons. The van der Waals surface area contributed by atoms with Crippen LogP contribution in [0.4, 0.5) is 0 Å². The molecule has 0 saturated carbocycles. The van der Waals surface area contributed by atoms with Gasteiger partial charge in [-0.2, -0.15) is 0 Å². The fourth-order valence-electron chi connectivity index (χ4n) is 5.14. The molecule has 30 heavy (non-hydrogen) atoms. The van der Waals surface area contributed by atoms with Crippen LogP contribution in [0.3, 0.4) is 0 Å². The van der Waals surface area contributed by atoms with Crippen molar-refractivity contribution in [1.29, 1.82) is 0 Å². The third-order valence-electron chi connectivity index (χ3n) is 6.70. The molecule has 1 unspecified atom stereocenters. The van der Waals surface area contributed by atoms with Gasteiger partial charge in [-0.05, 0) is 49.5 Å². The average molecular weight is 411 g/mol. The number of nitrogens with one attached hydrogen (secondary N) is 3. The Morgan fingerprint density at radius 2 is 1.83 bits per heavy atom. The first kappa shape index (κ1) is 19.2. The van der Waals surface area contributed by atoms with Gasteiger partial charge >= 0.3 is 0 Å². The molecule has 4 aliphatic rings. The van der Waals surface area contributed by atoms with Crippen LogP contribution in [-0.2, 0) is 27.5 Å². The Labute approximate surface area is 174 Å². The fraction of sp³-hybridized carbons (Fsp3) is 0.524. The van der Waals surface area contributed by atoms with Crippen LogP contribution in [0.1, 0.15) is 47.2 Å². The lowest BCUT2D eigenvalue weighted by Crippen LogP contribution is -2.57. The van der Waals surface area contributed by atoms with Gasteiger partial charge in [0.25, 0.3) is 5.91 Å². The molecule has 1 aromatic carbocycles. The van der Waals surface area contributed by atoms with Crippen LogP contribution in [0.25, 0.3) is 0 Å². The summed E-state index contributed by atoms with van der Waals surface area (Å²) in [6.45, 7) is 3.10. The van der Waals surface area contributed by atoms with Gasteiger partial charge in [0.1, 0.15) is 6.04 Å². The summed E-state index contributed by atoms with van der Waals surface area (Å²) in [6.07, 6.45) is 2.33. The fourth-order valence-corrected chi connectivity index (χ4v) is 5.14. The zero-order valence-corrected chi connectivity index (χ0v) is 16.7. The highest BCUT2D eigenvalue weighted by Crippen LogP contribution is 2.32. The molecule has 3 fully saturated rings. The number of benzene rings is 1. The Kier molecular flexibility index (Phi) is 4.59.